The maximum Gasteiger partial charge on any atom is 0.140 e. The maximum absolute atomic E-state index is 6.55. The molecule has 0 radical (unpaired) electrons. The van der Waals surface area contributed by atoms with Crippen molar-refractivity contribution < 1.29 is 8.83 Å². The van der Waals surface area contributed by atoms with Crippen molar-refractivity contribution >= 4 is 60.9 Å². The Bertz CT molecular complexity index is 2700. The SMILES string of the molecule is CC1(C)c2cc(N(c3ccc(-c4ccccc4)cc3)c3ccc4oc5ccccc5c4c3)cnc2-c2ccc3c(oc4ccccc43)c21. The fraction of sp³-hybridized carbons (Fsp3) is 0.0682. The van der Waals surface area contributed by atoms with Crippen molar-refractivity contribution in [3.8, 4) is 22.4 Å². The van der Waals surface area contributed by atoms with Crippen LogP contribution in [0.4, 0.5) is 17.1 Å². The lowest BCUT2D eigenvalue weighted by atomic mass is 9.82. The zero-order valence-electron chi connectivity index (χ0n) is 26.6. The van der Waals surface area contributed by atoms with E-state index in [0.29, 0.717) is 0 Å². The molecule has 0 saturated heterocycles. The number of para-hydroxylation sites is 2. The van der Waals surface area contributed by atoms with Gasteiger partial charge in [-0.25, -0.2) is 0 Å². The third-order valence-corrected chi connectivity index (χ3v) is 10.1. The van der Waals surface area contributed by atoms with Crippen LogP contribution in [0.1, 0.15) is 25.0 Å². The third-order valence-electron chi connectivity index (χ3n) is 10.1. The molecule has 1 aliphatic carbocycles. The van der Waals surface area contributed by atoms with Gasteiger partial charge in [-0.3, -0.25) is 4.98 Å². The molecule has 0 N–H and O–H groups in total. The van der Waals surface area contributed by atoms with Gasteiger partial charge in [-0.2, -0.15) is 0 Å². The van der Waals surface area contributed by atoms with E-state index >= 15 is 0 Å². The van der Waals surface area contributed by atoms with Crippen LogP contribution in [0.5, 0.6) is 0 Å². The normalized spacial score (nSPS) is 13.4. The highest BCUT2D eigenvalue weighted by Crippen LogP contribution is 2.53. The largest absolute Gasteiger partial charge is 0.456 e. The summed E-state index contributed by atoms with van der Waals surface area (Å²) in [6.45, 7) is 4.58. The summed E-state index contributed by atoms with van der Waals surface area (Å²) in [7, 11) is 0. The van der Waals surface area contributed by atoms with Crippen LogP contribution in [0.15, 0.2) is 155 Å². The summed E-state index contributed by atoms with van der Waals surface area (Å²) in [6.07, 6.45) is 2.01. The Labute approximate surface area is 277 Å². The lowest BCUT2D eigenvalue weighted by Gasteiger charge is -2.27. The van der Waals surface area contributed by atoms with Gasteiger partial charge < -0.3 is 13.7 Å². The van der Waals surface area contributed by atoms with Gasteiger partial charge in [0, 0.05) is 49.5 Å². The first-order valence-corrected chi connectivity index (χ1v) is 16.4. The molecule has 3 heterocycles. The number of hydrogen-bond donors (Lipinski definition) is 0. The second-order valence-electron chi connectivity index (χ2n) is 13.2. The molecule has 6 aromatic carbocycles. The van der Waals surface area contributed by atoms with Gasteiger partial charge in [0.25, 0.3) is 0 Å². The number of benzene rings is 6. The van der Waals surface area contributed by atoms with Crippen LogP contribution >= 0.6 is 0 Å². The first kappa shape index (κ1) is 27.0. The highest BCUT2D eigenvalue weighted by molar-refractivity contribution is 6.09. The van der Waals surface area contributed by atoms with Crippen molar-refractivity contribution in [3.63, 3.8) is 0 Å². The predicted octanol–water partition coefficient (Wildman–Crippen LogP) is 12.3. The highest BCUT2D eigenvalue weighted by Gasteiger charge is 2.40. The smallest absolute Gasteiger partial charge is 0.140 e. The number of anilines is 3. The Morgan fingerprint density at radius 1 is 0.521 bits per heavy atom. The van der Waals surface area contributed by atoms with Gasteiger partial charge in [-0.05, 0) is 71.3 Å². The van der Waals surface area contributed by atoms with Crippen LogP contribution in [-0.4, -0.2) is 4.98 Å². The number of aromatic nitrogens is 1. The fourth-order valence-corrected chi connectivity index (χ4v) is 7.74. The van der Waals surface area contributed by atoms with E-state index in [1.54, 1.807) is 0 Å². The van der Waals surface area contributed by atoms with E-state index in [1.165, 1.54) is 22.3 Å². The first-order valence-electron chi connectivity index (χ1n) is 16.4. The first-order chi connectivity index (χ1) is 23.5. The van der Waals surface area contributed by atoms with E-state index in [0.717, 1.165) is 72.2 Å². The molecule has 0 saturated carbocycles. The zero-order valence-corrected chi connectivity index (χ0v) is 26.6. The van der Waals surface area contributed by atoms with Crippen LogP contribution in [0.3, 0.4) is 0 Å². The van der Waals surface area contributed by atoms with Gasteiger partial charge in [0.2, 0.25) is 0 Å². The summed E-state index contributed by atoms with van der Waals surface area (Å²) in [5.41, 5.74) is 13.3. The Kier molecular flexibility index (Phi) is 5.59. The number of rotatable bonds is 4. The maximum atomic E-state index is 6.55. The number of nitrogens with zero attached hydrogens (tertiary/aromatic N) is 2. The number of hydrogen-bond acceptors (Lipinski definition) is 4. The molecular formula is C44H30N2O2. The molecule has 228 valence electrons. The average Bonchev–Trinajstić information content (AvgIpc) is 3.76. The molecule has 9 aromatic rings. The molecule has 4 heteroatoms. The van der Waals surface area contributed by atoms with Gasteiger partial charge >= 0.3 is 0 Å². The Morgan fingerprint density at radius 3 is 1.96 bits per heavy atom. The minimum Gasteiger partial charge on any atom is -0.456 e. The van der Waals surface area contributed by atoms with Crippen molar-refractivity contribution in [2.24, 2.45) is 0 Å². The molecule has 0 atom stereocenters. The molecule has 48 heavy (non-hydrogen) atoms. The van der Waals surface area contributed by atoms with Gasteiger partial charge in [-0.15, -0.1) is 0 Å². The molecule has 0 amide bonds. The predicted molar refractivity (Wildman–Crippen MR) is 196 cm³/mol. The van der Waals surface area contributed by atoms with Gasteiger partial charge in [0.15, 0.2) is 0 Å². The number of fused-ring (bicyclic) bond motifs is 10. The minimum atomic E-state index is -0.325. The standard InChI is InChI=1S/C44H30N2O2/c1-44(2)37-25-31(26-45-42(37)35-22-21-34-32-12-6-9-15-39(32)48-43(34)41(35)44)46(29-18-16-28(17-19-29)27-10-4-3-5-11-27)30-20-23-40-36(24-30)33-13-7-8-14-38(33)47-40/h3-26H,1-2H3. The van der Waals surface area contributed by atoms with E-state index in [-0.39, 0.29) is 5.41 Å². The molecule has 10 rings (SSSR count). The van der Waals surface area contributed by atoms with Crippen LogP contribution in [0.2, 0.25) is 0 Å². The van der Waals surface area contributed by atoms with E-state index in [9.17, 15) is 0 Å². The summed E-state index contributed by atoms with van der Waals surface area (Å²) < 4.78 is 12.8. The third kappa shape index (κ3) is 3.86. The van der Waals surface area contributed by atoms with Crippen molar-refractivity contribution in [2.45, 2.75) is 19.3 Å². The van der Waals surface area contributed by atoms with E-state index < -0.39 is 0 Å². The van der Waals surface area contributed by atoms with E-state index in [1.807, 2.05) is 30.5 Å². The molecular weight excluding hydrogens is 588 g/mol. The van der Waals surface area contributed by atoms with Crippen molar-refractivity contribution in [3.05, 3.63) is 157 Å². The molecule has 0 spiro atoms. The quantitative estimate of drug-likeness (QED) is 0.197. The molecule has 0 aliphatic heterocycles. The van der Waals surface area contributed by atoms with Gasteiger partial charge in [0.05, 0.1) is 17.6 Å². The summed E-state index contributed by atoms with van der Waals surface area (Å²) in [6, 6.07) is 49.0. The van der Waals surface area contributed by atoms with E-state index in [2.05, 4.69) is 134 Å². The van der Waals surface area contributed by atoms with Gasteiger partial charge in [-0.1, -0.05) is 98.8 Å². The average molecular weight is 619 g/mol. The fourth-order valence-electron chi connectivity index (χ4n) is 7.74. The topological polar surface area (TPSA) is 42.4 Å². The van der Waals surface area contributed by atoms with Crippen molar-refractivity contribution in [1.29, 1.82) is 0 Å². The van der Waals surface area contributed by atoms with Crippen LogP contribution in [0.25, 0.3) is 66.3 Å². The second-order valence-corrected chi connectivity index (χ2v) is 13.2. The lowest BCUT2D eigenvalue weighted by molar-refractivity contribution is 0.619. The monoisotopic (exact) mass is 618 g/mol. The van der Waals surface area contributed by atoms with Gasteiger partial charge in [0.1, 0.15) is 22.3 Å². The summed E-state index contributed by atoms with van der Waals surface area (Å²) in [5.74, 6) is 0. The Hall–Kier alpha value is -6.13. The van der Waals surface area contributed by atoms with Crippen molar-refractivity contribution in [1.82, 2.24) is 4.98 Å². The van der Waals surface area contributed by atoms with Crippen molar-refractivity contribution in [2.75, 3.05) is 4.90 Å². The van der Waals surface area contributed by atoms with Crippen LogP contribution < -0.4 is 4.90 Å². The highest BCUT2D eigenvalue weighted by atomic mass is 16.3. The zero-order chi connectivity index (χ0) is 32.0. The molecule has 4 nitrogen and oxygen atoms in total. The molecule has 0 fully saturated rings. The second kappa shape index (κ2) is 9.93. The van der Waals surface area contributed by atoms with E-state index in [4.69, 9.17) is 13.8 Å². The molecule has 3 aromatic heterocycles. The Morgan fingerprint density at radius 2 is 1.17 bits per heavy atom. The summed E-state index contributed by atoms with van der Waals surface area (Å²) >= 11 is 0. The Balaban J connectivity index is 1.16. The summed E-state index contributed by atoms with van der Waals surface area (Å²) in [5, 5.41) is 4.48. The molecule has 0 bridgehead atoms. The van der Waals surface area contributed by atoms with Crippen LogP contribution in [-0.2, 0) is 5.41 Å². The number of pyridine rings is 1. The van der Waals surface area contributed by atoms with Crippen LogP contribution in [0, 0.1) is 0 Å². The molecule has 1 aliphatic rings. The number of furan rings is 2. The molecule has 0 unspecified atom stereocenters. The summed E-state index contributed by atoms with van der Waals surface area (Å²) in [4.78, 5) is 7.50. The lowest BCUT2D eigenvalue weighted by Crippen LogP contribution is -2.17. The minimum absolute atomic E-state index is 0.325.